The molecule has 16 heavy (non-hydrogen) atoms. The van der Waals surface area contributed by atoms with Gasteiger partial charge in [-0.05, 0) is 44.0 Å². The molecule has 0 saturated carbocycles. The maximum Gasteiger partial charge on any atom is 0.149 e. The summed E-state index contributed by atoms with van der Waals surface area (Å²) < 4.78 is 6.79. The highest BCUT2D eigenvalue weighted by Gasteiger charge is 2.12. The Labute approximate surface area is 109 Å². The molecule has 0 aliphatic carbocycles. The Kier molecular flexibility index (Phi) is 3.13. The zero-order valence-corrected chi connectivity index (χ0v) is 11.5. The lowest BCUT2D eigenvalue weighted by molar-refractivity contribution is 0.413. The highest BCUT2D eigenvalue weighted by molar-refractivity contribution is 9.11. The molecule has 0 atom stereocenters. The van der Waals surface area contributed by atoms with Gasteiger partial charge in [-0.2, -0.15) is 5.26 Å². The van der Waals surface area contributed by atoms with Crippen LogP contribution in [0.3, 0.4) is 0 Å². The summed E-state index contributed by atoms with van der Waals surface area (Å²) in [5.74, 6) is 0.684. The number of hydrogen-bond donors (Lipinski definition) is 0. The Morgan fingerprint density at radius 1 is 1.38 bits per heavy atom. The molecular weight excluding hydrogens is 336 g/mol. The van der Waals surface area contributed by atoms with Crippen LogP contribution in [0.1, 0.15) is 5.69 Å². The highest BCUT2D eigenvalue weighted by Crippen LogP contribution is 2.37. The number of aromatic nitrogens is 1. The largest absolute Gasteiger partial charge is 0.496 e. The zero-order valence-electron chi connectivity index (χ0n) is 8.29. The molecule has 0 unspecified atom stereocenters. The number of nitriles is 1. The first-order valence-corrected chi connectivity index (χ1v) is 5.98. The first kappa shape index (κ1) is 11.4. The van der Waals surface area contributed by atoms with Gasteiger partial charge in [0.05, 0.1) is 11.6 Å². The zero-order chi connectivity index (χ0) is 11.7. The Balaban J connectivity index is 2.96. The predicted octanol–water partition coefficient (Wildman–Crippen LogP) is 3.64. The Hall–Kier alpha value is -1.12. The average molecular weight is 342 g/mol. The second-order valence-electron chi connectivity index (χ2n) is 3.07. The van der Waals surface area contributed by atoms with E-state index >= 15 is 0 Å². The molecule has 5 heteroatoms. The van der Waals surface area contributed by atoms with E-state index < -0.39 is 0 Å². The van der Waals surface area contributed by atoms with Gasteiger partial charge in [0, 0.05) is 21.4 Å². The lowest BCUT2D eigenvalue weighted by atomic mass is 10.1. The Morgan fingerprint density at radius 3 is 2.75 bits per heavy atom. The van der Waals surface area contributed by atoms with E-state index in [1.54, 1.807) is 13.3 Å². The van der Waals surface area contributed by atoms with Gasteiger partial charge < -0.3 is 4.74 Å². The number of nitrogens with zero attached hydrogens (tertiary/aromatic N) is 2. The molecule has 0 bridgehead atoms. The molecule has 3 nitrogen and oxygen atoms in total. The molecule has 1 aromatic heterocycles. The first-order valence-electron chi connectivity index (χ1n) is 4.40. The van der Waals surface area contributed by atoms with Crippen molar-refractivity contribution in [3.05, 3.63) is 33.0 Å². The summed E-state index contributed by atoms with van der Waals surface area (Å²) in [6.07, 6.45) is 1.62. The molecule has 0 amide bonds. The van der Waals surface area contributed by atoms with Crippen LogP contribution in [0.2, 0.25) is 0 Å². The standard InChI is InChI=1S/C11H6Br2N2O/c1-16-9-3-2-6-7(12)5-15-8(4-14)10(6)11(9)13/h2-3,5H,1H3. The summed E-state index contributed by atoms with van der Waals surface area (Å²) in [5.41, 5.74) is 0.379. The molecule has 0 aliphatic heterocycles. The van der Waals surface area contributed by atoms with Gasteiger partial charge in [-0.1, -0.05) is 0 Å². The molecule has 1 heterocycles. The molecule has 80 valence electrons. The summed E-state index contributed by atoms with van der Waals surface area (Å²) >= 11 is 6.84. The van der Waals surface area contributed by atoms with Crippen LogP contribution in [0.25, 0.3) is 10.8 Å². The first-order chi connectivity index (χ1) is 7.69. The van der Waals surface area contributed by atoms with Gasteiger partial charge in [0.2, 0.25) is 0 Å². The van der Waals surface area contributed by atoms with Crippen LogP contribution in [0.5, 0.6) is 5.75 Å². The van der Waals surface area contributed by atoms with Crippen LogP contribution in [-0.2, 0) is 0 Å². The van der Waals surface area contributed by atoms with Gasteiger partial charge in [0.25, 0.3) is 0 Å². The van der Waals surface area contributed by atoms with E-state index in [1.165, 1.54) is 0 Å². The molecule has 0 radical (unpaired) electrons. The molecule has 2 aromatic rings. The third-order valence-corrected chi connectivity index (χ3v) is 3.65. The van der Waals surface area contributed by atoms with Gasteiger partial charge in [-0.25, -0.2) is 4.98 Å². The molecular formula is C11H6Br2N2O. The van der Waals surface area contributed by atoms with Crippen molar-refractivity contribution in [2.24, 2.45) is 0 Å². The molecule has 0 aliphatic rings. The molecule has 0 spiro atoms. The minimum atomic E-state index is 0.379. The fourth-order valence-corrected chi connectivity index (χ4v) is 2.61. The van der Waals surface area contributed by atoms with Gasteiger partial charge in [0.15, 0.2) is 0 Å². The summed E-state index contributed by atoms with van der Waals surface area (Å²) in [6, 6.07) is 5.81. The number of hydrogen-bond acceptors (Lipinski definition) is 3. The third kappa shape index (κ3) is 1.68. The topological polar surface area (TPSA) is 45.9 Å². The number of halogens is 2. The number of rotatable bonds is 1. The fourth-order valence-electron chi connectivity index (χ4n) is 1.49. The summed E-state index contributed by atoms with van der Waals surface area (Å²) in [4.78, 5) is 4.07. The Morgan fingerprint density at radius 2 is 2.12 bits per heavy atom. The molecule has 0 N–H and O–H groups in total. The van der Waals surface area contributed by atoms with Crippen molar-refractivity contribution < 1.29 is 4.74 Å². The second-order valence-corrected chi connectivity index (χ2v) is 4.72. The average Bonchev–Trinajstić information content (AvgIpc) is 2.31. The van der Waals surface area contributed by atoms with Crippen molar-refractivity contribution in [2.75, 3.05) is 7.11 Å². The van der Waals surface area contributed by atoms with Gasteiger partial charge in [-0.15, -0.1) is 0 Å². The maximum absolute atomic E-state index is 9.03. The third-order valence-electron chi connectivity index (χ3n) is 2.23. The van der Waals surface area contributed by atoms with E-state index in [2.05, 4.69) is 42.9 Å². The minimum absolute atomic E-state index is 0.379. The molecule has 0 saturated heterocycles. The summed E-state index contributed by atoms with van der Waals surface area (Å²) in [5, 5.41) is 10.7. The van der Waals surface area contributed by atoms with Crippen molar-refractivity contribution in [1.82, 2.24) is 4.98 Å². The SMILES string of the molecule is COc1ccc2c(Br)cnc(C#N)c2c1Br. The van der Waals surface area contributed by atoms with Gasteiger partial charge >= 0.3 is 0 Å². The van der Waals surface area contributed by atoms with E-state index in [4.69, 9.17) is 10.00 Å². The van der Waals surface area contributed by atoms with Crippen molar-refractivity contribution in [3.63, 3.8) is 0 Å². The van der Waals surface area contributed by atoms with Crippen LogP contribution in [0.4, 0.5) is 0 Å². The van der Waals surface area contributed by atoms with Gasteiger partial charge in [0.1, 0.15) is 17.5 Å². The monoisotopic (exact) mass is 340 g/mol. The maximum atomic E-state index is 9.03. The minimum Gasteiger partial charge on any atom is -0.496 e. The fraction of sp³-hybridized carbons (Fsp3) is 0.0909. The smallest absolute Gasteiger partial charge is 0.149 e. The van der Waals surface area contributed by atoms with E-state index in [0.717, 1.165) is 19.7 Å². The summed E-state index contributed by atoms with van der Waals surface area (Å²) in [6.45, 7) is 0. The van der Waals surface area contributed by atoms with Crippen molar-refractivity contribution in [1.29, 1.82) is 5.26 Å². The number of benzene rings is 1. The van der Waals surface area contributed by atoms with Crippen LogP contribution in [0, 0.1) is 11.3 Å². The number of pyridine rings is 1. The van der Waals surface area contributed by atoms with Crippen LogP contribution in [0.15, 0.2) is 27.3 Å². The van der Waals surface area contributed by atoms with Gasteiger partial charge in [-0.3, -0.25) is 0 Å². The van der Waals surface area contributed by atoms with Crippen LogP contribution >= 0.6 is 31.9 Å². The summed E-state index contributed by atoms with van der Waals surface area (Å²) in [7, 11) is 1.59. The lowest BCUT2D eigenvalue weighted by Gasteiger charge is -2.08. The van der Waals surface area contributed by atoms with Crippen LogP contribution < -0.4 is 4.74 Å². The second kappa shape index (κ2) is 4.40. The molecule has 1 aromatic carbocycles. The number of fused-ring (bicyclic) bond motifs is 1. The predicted molar refractivity (Wildman–Crippen MR) is 68.4 cm³/mol. The van der Waals surface area contributed by atoms with E-state index in [0.29, 0.717) is 11.4 Å². The lowest BCUT2D eigenvalue weighted by Crippen LogP contribution is -1.91. The molecule has 2 rings (SSSR count). The quantitative estimate of drug-likeness (QED) is 0.795. The van der Waals surface area contributed by atoms with Crippen molar-refractivity contribution in [2.45, 2.75) is 0 Å². The normalized spacial score (nSPS) is 10.1. The van der Waals surface area contributed by atoms with Crippen molar-refractivity contribution >= 4 is 42.6 Å². The van der Waals surface area contributed by atoms with Crippen molar-refractivity contribution in [3.8, 4) is 11.8 Å². The highest BCUT2D eigenvalue weighted by atomic mass is 79.9. The molecule has 0 fully saturated rings. The Bertz CT molecular complexity index is 605. The van der Waals surface area contributed by atoms with E-state index in [-0.39, 0.29) is 0 Å². The number of ether oxygens (including phenoxy) is 1. The van der Waals surface area contributed by atoms with Crippen LogP contribution in [-0.4, -0.2) is 12.1 Å². The number of methoxy groups -OCH3 is 1. The van der Waals surface area contributed by atoms with E-state index in [1.807, 2.05) is 12.1 Å². The van der Waals surface area contributed by atoms with E-state index in [9.17, 15) is 0 Å².